The second-order valence-corrected chi connectivity index (χ2v) is 28.5. The molecule has 20 rings (SSSR count). The molecule has 0 N–H and O–H groups in total. The van der Waals surface area contributed by atoms with Crippen LogP contribution < -0.4 is 0 Å². The van der Waals surface area contributed by atoms with Crippen molar-refractivity contribution in [1.82, 2.24) is 68.9 Å². The molecule has 0 unspecified atom stereocenters. The Morgan fingerprint density at radius 1 is 0.208 bits per heavy atom. The third-order valence-electron chi connectivity index (χ3n) is 20.9. The number of alkyl halides is 6. The second-order valence-electron chi connectivity index (χ2n) is 28.5. The van der Waals surface area contributed by atoms with Gasteiger partial charge in [-0.25, -0.2) is 59.8 Å². The van der Waals surface area contributed by atoms with E-state index < -0.39 is 29.0 Å². The van der Waals surface area contributed by atoms with E-state index >= 15 is 26.3 Å². The maximum Gasteiger partial charge on any atom is 0.416 e. The van der Waals surface area contributed by atoms with Crippen molar-refractivity contribution in [3.05, 3.63) is 362 Å². The molecule has 0 radical (unpaired) electrons. The number of rotatable bonds is 15. The van der Waals surface area contributed by atoms with Crippen LogP contribution >= 0.6 is 0 Å². The molecule has 6 aromatic heterocycles. The van der Waals surface area contributed by atoms with Crippen molar-refractivity contribution in [2.75, 3.05) is 0 Å². The zero-order valence-electron chi connectivity index (χ0n) is 62.9. The molecule has 0 saturated carbocycles. The highest BCUT2D eigenvalue weighted by Crippen LogP contribution is 2.49. The number of hydrogen-bond acceptors (Lipinski definition) is 13. The summed E-state index contributed by atoms with van der Waals surface area (Å²) in [5.74, 6) is 3.63. The maximum atomic E-state index is 16.2. The first-order valence-electron chi connectivity index (χ1n) is 38.2. The van der Waals surface area contributed by atoms with E-state index in [1.165, 1.54) is 12.1 Å². The fourth-order valence-corrected chi connectivity index (χ4v) is 15.3. The molecular weight excluding hydrogens is 1510 g/mol. The molecule has 6 heterocycles. The molecule has 0 aliphatic carbocycles. The lowest BCUT2D eigenvalue weighted by Crippen LogP contribution is -2.12. The van der Waals surface area contributed by atoms with Crippen molar-refractivity contribution >= 4 is 43.6 Å². The van der Waals surface area contributed by atoms with Gasteiger partial charge in [0.2, 0.25) is 0 Å². The lowest BCUT2D eigenvalue weighted by atomic mass is 9.94. The minimum Gasteiger partial charge on any atom is -0.308 e. The molecule has 0 spiro atoms. The lowest BCUT2D eigenvalue weighted by molar-refractivity contribution is -0.143. The molecule has 20 aromatic rings. The van der Waals surface area contributed by atoms with E-state index in [0.717, 1.165) is 12.1 Å². The molecule has 15 nitrogen and oxygen atoms in total. The van der Waals surface area contributed by atoms with Crippen LogP contribution in [-0.4, -0.2) is 68.9 Å². The number of aromatic nitrogens is 14. The summed E-state index contributed by atoms with van der Waals surface area (Å²) in [4.78, 5) is 61.2. The van der Waals surface area contributed by atoms with E-state index in [9.17, 15) is 5.26 Å². The van der Waals surface area contributed by atoms with Gasteiger partial charge in [0.05, 0.1) is 56.2 Å². The topological polar surface area (TPSA) is 188 Å². The predicted octanol–water partition coefficient (Wildman–Crippen LogP) is 24.2. The first kappa shape index (κ1) is 72.7. The average Bonchev–Trinajstić information content (AvgIpc) is 1.53. The van der Waals surface area contributed by atoms with Crippen LogP contribution in [0.25, 0.3) is 203 Å². The molecule has 0 aliphatic heterocycles. The van der Waals surface area contributed by atoms with E-state index in [-0.39, 0.29) is 51.9 Å². The Kier molecular flexibility index (Phi) is 18.1. The molecule has 0 atom stereocenters. The number of halogens is 6. The van der Waals surface area contributed by atoms with Gasteiger partial charge in [-0.05, 0) is 60.2 Å². The Morgan fingerprint density at radius 3 is 0.583 bits per heavy atom. The van der Waals surface area contributed by atoms with Gasteiger partial charge in [-0.3, -0.25) is 0 Å². The van der Waals surface area contributed by atoms with Crippen LogP contribution in [0.5, 0.6) is 0 Å². The molecule has 0 bridgehead atoms. The van der Waals surface area contributed by atoms with Crippen LogP contribution in [0, 0.1) is 11.3 Å². The maximum absolute atomic E-state index is 16.2. The number of hydrogen-bond donors (Lipinski definition) is 0. The van der Waals surface area contributed by atoms with Crippen LogP contribution in [0.3, 0.4) is 0 Å². The summed E-state index contributed by atoms with van der Waals surface area (Å²) < 4.78 is 101. The predicted molar refractivity (Wildman–Crippen MR) is 454 cm³/mol. The molecule has 21 heteroatoms. The van der Waals surface area contributed by atoms with Crippen LogP contribution in [0.2, 0.25) is 0 Å². The number of nitrogens with zero attached hydrogens (tertiary/aromatic N) is 15. The van der Waals surface area contributed by atoms with Gasteiger partial charge in [-0.15, -0.1) is 0 Å². The number of nitriles is 1. The first-order chi connectivity index (χ1) is 58.6. The highest BCUT2D eigenvalue weighted by Gasteiger charge is 2.39. The van der Waals surface area contributed by atoms with E-state index in [1.54, 1.807) is 9.13 Å². The van der Waals surface area contributed by atoms with Gasteiger partial charge in [0.15, 0.2) is 69.9 Å². The molecule has 0 fully saturated rings. The van der Waals surface area contributed by atoms with Crippen LogP contribution in [-0.2, 0) is 12.4 Å². The summed E-state index contributed by atoms with van der Waals surface area (Å²) in [6, 6.07) is 104. The molecule has 570 valence electrons. The molecule has 120 heavy (non-hydrogen) atoms. The highest BCUT2D eigenvalue weighted by atomic mass is 19.4. The summed E-state index contributed by atoms with van der Waals surface area (Å²) >= 11 is 0. The summed E-state index contributed by atoms with van der Waals surface area (Å²) in [6.45, 7) is 0. The third kappa shape index (κ3) is 13.8. The molecule has 14 aromatic carbocycles. The fourth-order valence-electron chi connectivity index (χ4n) is 15.3. The average molecular weight is 1570 g/mol. The minimum atomic E-state index is -5.36. The minimum absolute atomic E-state index is 0.0285. The zero-order valence-corrected chi connectivity index (χ0v) is 62.9. The van der Waals surface area contributed by atoms with Gasteiger partial charge in [-0.1, -0.05) is 291 Å². The smallest absolute Gasteiger partial charge is 0.308 e. The Morgan fingerprint density at radius 2 is 0.400 bits per heavy atom. The monoisotopic (exact) mass is 1570 g/mol. The number of benzene rings is 14. The van der Waals surface area contributed by atoms with Gasteiger partial charge in [0, 0.05) is 93.9 Å². The van der Waals surface area contributed by atoms with Crippen LogP contribution in [0.4, 0.5) is 26.3 Å². The summed E-state index contributed by atoms with van der Waals surface area (Å²) in [5.41, 5.74) is 4.67. The zero-order chi connectivity index (χ0) is 81.2. The molecule has 0 amide bonds. The van der Waals surface area contributed by atoms with Gasteiger partial charge in [0.1, 0.15) is 0 Å². The van der Waals surface area contributed by atoms with Crippen LogP contribution in [0.15, 0.2) is 346 Å². The van der Waals surface area contributed by atoms with Gasteiger partial charge in [-0.2, -0.15) is 31.6 Å². The van der Waals surface area contributed by atoms with Gasteiger partial charge < -0.3 is 9.13 Å². The number of fused-ring (bicyclic) bond motifs is 6. The highest BCUT2D eigenvalue weighted by molar-refractivity contribution is 6.14. The van der Waals surface area contributed by atoms with Gasteiger partial charge >= 0.3 is 12.4 Å². The van der Waals surface area contributed by atoms with E-state index in [4.69, 9.17) is 59.8 Å². The van der Waals surface area contributed by atoms with E-state index in [0.29, 0.717) is 157 Å². The van der Waals surface area contributed by atoms with E-state index in [1.807, 2.05) is 315 Å². The Labute approximate surface area is 680 Å². The Hall–Kier alpha value is -16.2. The third-order valence-corrected chi connectivity index (χ3v) is 20.9. The van der Waals surface area contributed by atoms with Crippen molar-refractivity contribution in [3.8, 4) is 165 Å². The van der Waals surface area contributed by atoms with Crippen LogP contribution in [0.1, 0.15) is 16.7 Å². The van der Waals surface area contributed by atoms with Crippen molar-refractivity contribution in [2.45, 2.75) is 12.4 Å². The fraction of sp³-hybridized carbons (Fsp3) is 0.0202. The largest absolute Gasteiger partial charge is 0.416 e. The standard InChI is InChI=1S/C99H57F6N15/c100-98(101,102)73-51-72(52-74(57-73)99(103,104)105)85-83(119-79-53-68(94-111-86(60-25-9-1-10-26-60)107-87(112-94)61-27-11-2-12-28-61)41-45-75(79)76-46-42-69(54-80(76)119)95-113-88(62-29-13-3-14-30-62)108-89(114-95)63-31-15-4-16-32-63)49-59(58-106)50-84(85)120-81-55-70(96-115-90(64-33-17-5-18-34-64)109-91(116-96)65-35-19-6-20-36-65)43-47-77(81)78-48-44-71(56-82(78)120)97-117-92(66-37-21-7-22-38-66)110-93(118-97)67-39-23-8-24-40-67/h1-57H. The molecule has 0 saturated heterocycles. The van der Waals surface area contributed by atoms with Crippen molar-refractivity contribution < 1.29 is 26.3 Å². The van der Waals surface area contributed by atoms with Crippen molar-refractivity contribution in [3.63, 3.8) is 0 Å². The quantitative estimate of drug-likeness (QED) is 0.0883. The molecule has 0 aliphatic rings. The lowest BCUT2D eigenvalue weighted by Gasteiger charge is -2.23. The summed E-state index contributed by atoms with van der Waals surface area (Å²) in [7, 11) is 0. The Bertz CT molecular complexity index is 6390. The second kappa shape index (κ2) is 29.9. The molecular formula is C99H57F6N15. The van der Waals surface area contributed by atoms with E-state index in [2.05, 4.69) is 6.07 Å². The SMILES string of the molecule is N#Cc1cc(-n2c3cc(-c4nc(-c5ccccc5)nc(-c5ccccc5)n4)ccc3c3ccc(-c4nc(-c5ccccc5)nc(-c5ccccc5)n4)cc32)c(-c2cc(C(F)(F)F)cc(C(F)(F)F)c2)c(-n2c3cc(-c4nc(-c5ccccc5)nc(-c5ccccc5)n4)ccc3c3ccc(-c4nc(-c5ccccc5)nc(-c5ccccc5)n4)cc32)c1. The Balaban J connectivity index is 0.932. The van der Waals surface area contributed by atoms with Crippen molar-refractivity contribution in [1.29, 1.82) is 5.26 Å². The van der Waals surface area contributed by atoms with Gasteiger partial charge in [0.25, 0.3) is 0 Å². The normalized spacial score (nSPS) is 11.7. The summed E-state index contributed by atoms with van der Waals surface area (Å²) in [6.07, 6.45) is -10.7. The first-order valence-corrected chi connectivity index (χ1v) is 38.2. The summed E-state index contributed by atoms with van der Waals surface area (Å²) in [5, 5.41) is 14.2. The van der Waals surface area contributed by atoms with Crippen molar-refractivity contribution in [2.24, 2.45) is 0 Å².